The van der Waals surface area contributed by atoms with Gasteiger partial charge in [0.05, 0.1) is 5.01 Å². The highest BCUT2D eigenvalue weighted by Gasteiger charge is 2.11. The summed E-state index contributed by atoms with van der Waals surface area (Å²) in [4.78, 5) is 17.0. The fraction of sp³-hybridized carbons (Fsp3) is 0.273. The Morgan fingerprint density at radius 3 is 2.63 bits per heavy atom. The van der Waals surface area contributed by atoms with E-state index >= 15 is 0 Å². The van der Waals surface area contributed by atoms with Crippen LogP contribution in [-0.2, 0) is 13.0 Å². The van der Waals surface area contributed by atoms with Crippen LogP contribution in [0, 0.1) is 6.92 Å². The highest BCUT2D eigenvalue weighted by Crippen LogP contribution is 2.15. The lowest BCUT2D eigenvalue weighted by molar-refractivity contribution is 0.0950. The van der Waals surface area contributed by atoms with Gasteiger partial charge in [0.15, 0.2) is 0 Å². The van der Waals surface area contributed by atoms with Crippen LogP contribution in [0.2, 0.25) is 0 Å². The monoisotopic (exact) mass is 380 g/mol. The number of aryl methyl sites for hydroxylation is 2. The first-order chi connectivity index (χ1) is 13.2. The number of para-hydroxylation sites is 1. The van der Waals surface area contributed by atoms with Crippen LogP contribution in [0.5, 0.6) is 5.75 Å². The molecular formula is C22H24N2O2S. The number of nitrogens with zero attached hydrogens (tertiary/aromatic N) is 1. The van der Waals surface area contributed by atoms with E-state index in [1.54, 1.807) is 11.3 Å². The van der Waals surface area contributed by atoms with Gasteiger partial charge in [-0.15, -0.1) is 11.3 Å². The molecule has 0 bridgehead atoms. The summed E-state index contributed by atoms with van der Waals surface area (Å²) in [5.41, 5.74) is 2.64. The minimum absolute atomic E-state index is 0.0487. The topological polar surface area (TPSA) is 51.2 Å². The molecule has 0 aliphatic carbocycles. The van der Waals surface area contributed by atoms with Gasteiger partial charge in [-0.3, -0.25) is 4.79 Å². The normalized spacial score (nSPS) is 10.6. The largest absolute Gasteiger partial charge is 0.489 e. The van der Waals surface area contributed by atoms with E-state index in [2.05, 4.69) is 15.7 Å². The van der Waals surface area contributed by atoms with Gasteiger partial charge >= 0.3 is 0 Å². The lowest BCUT2D eigenvalue weighted by Crippen LogP contribution is -2.25. The van der Waals surface area contributed by atoms with Crippen molar-refractivity contribution < 1.29 is 9.53 Å². The molecule has 3 aromatic rings. The van der Waals surface area contributed by atoms with Gasteiger partial charge in [-0.05, 0) is 44.4 Å². The third-order valence-electron chi connectivity index (χ3n) is 4.17. The standard InChI is InChI=1S/C22H24N2O2S/c1-17-16-27-21(24-17)13-7-8-14-23-22(25)20-12-6-5-9-18(20)15-26-19-10-3-2-4-11-19/h2-6,9-12,16H,7-8,13-15H2,1H3,(H,23,25). The summed E-state index contributed by atoms with van der Waals surface area (Å²) < 4.78 is 5.79. The van der Waals surface area contributed by atoms with Gasteiger partial charge in [-0.1, -0.05) is 36.4 Å². The van der Waals surface area contributed by atoms with Gasteiger partial charge in [-0.2, -0.15) is 0 Å². The number of rotatable bonds is 9. The fourth-order valence-electron chi connectivity index (χ4n) is 2.76. The smallest absolute Gasteiger partial charge is 0.251 e. The summed E-state index contributed by atoms with van der Waals surface area (Å²) in [5.74, 6) is 0.748. The lowest BCUT2D eigenvalue weighted by Gasteiger charge is -2.11. The fourth-order valence-corrected chi connectivity index (χ4v) is 3.58. The van der Waals surface area contributed by atoms with Crippen molar-refractivity contribution in [3.05, 3.63) is 81.8 Å². The van der Waals surface area contributed by atoms with Crippen molar-refractivity contribution in [2.24, 2.45) is 0 Å². The number of thiazole rings is 1. The third-order valence-corrected chi connectivity index (χ3v) is 5.20. The van der Waals surface area contributed by atoms with Gasteiger partial charge in [0.2, 0.25) is 0 Å². The Labute approximate surface area is 164 Å². The molecule has 2 aromatic carbocycles. The Morgan fingerprint density at radius 2 is 1.85 bits per heavy atom. The Balaban J connectivity index is 1.46. The van der Waals surface area contributed by atoms with Crippen molar-refractivity contribution in [1.29, 1.82) is 0 Å². The van der Waals surface area contributed by atoms with Crippen LogP contribution in [0.3, 0.4) is 0 Å². The van der Waals surface area contributed by atoms with Crippen LogP contribution in [0.15, 0.2) is 60.0 Å². The molecule has 5 heteroatoms. The minimum Gasteiger partial charge on any atom is -0.489 e. The van der Waals surface area contributed by atoms with Crippen LogP contribution in [0.25, 0.3) is 0 Å². The number of carbonyl (C=O) groups is 1. The SMILES string of the molecule is Cc1csc(CCCCNC(=O)c2ccccc2COc2ccccc2)n1. The molecule has 140 valence electrons. The first-order valence-electron chi connectivity index (χ1n) is 9.17. The molecule has 0 unspecified atom stereocenters. The number of aromatic nitrogens is 1. The Bertz CT molecular complexity index is 862. The summed E-state index contributed by atoms with van der Waals surface area (Å²) in [7, 11) is 0. The van der Waals surface area contributed by atoms with Crippen LogP contribution < -0.4 is 10.1 Å². The first kappa shape index (κ1) is 19.1. The van der Waals surface area contributed by atoms with E-state index in [4.69, 9.17) is 4.74 Å². The van der Waals surface area contributed by atoms with Crippen LogP contribution in [0.1, 0.15) is 39.5 Å². The number of hydrogen-bond acceptors (Lipinski definition) is 4. The maximum absolute atomic E-state index is 12.5. The summed E-state index contributed by atoms with van der Waals surface area (Å²) in [6, 6.07) is 17.2. The van der Waals surface area contributed by atoms with Crippen molar-refractivity contribution in [3.8, 4) is 5.75 Å². The zero-order valence-electron chi connectivity index (χ0n) is 15.5. The van der Waals surface area contributed by atoms with E-state index in [9.17, 15) is 4.79 Å². The van der Waals surface area contributed by atoms with Crippen molar-refractivity contribution in [2.45, 2.75) is 32.8 Å². The second-order valence-electron chi connectivity index (χ2n) is 6.35. The van der Waals surface area contributed by atoms with Gasteiger partial charge in [0.25, 0.3) is 5.91 Å². The molecule has 0 spiro atoms. The lowest BCUT2D eigenvalue weighted by atomic mass is 10.1. The number of unbranched alkanes of at least 4 members (excludes halogenated alkanes) is 1. The molecule has 0 radical (unpaired) electrons. The molecule has 0 aliphatic rings. The van der Waals surface area contributed by atoms with Crippen molar-refractivity contribution in [1.82, 2.24) is 10.3 Å². The number of amides is 1. The predicted molar refractivity (Wildman–Crippen MR) is 109 cm³/mol. The maximum atomic E-state index is 12.5. The molecule has 1 amide bonds. The van der Waals surface area contributed by atoms with E-state index in [1.807, 2.05) is 61.5 Å². The molecule has 0 atom stereocenters. The summed E-state index contributed by atoms with van der Waals surface area (Å²) in [6.45, 7) is 3.05. The summed E-state index contributed by atoms with van der Waals surface area (Å²) in [6.07, 6.45) is 2.93. The minimum atomic E-state index is -0.0487. The molecule has 4 nitrogen and oxygen atoms in total. The van der Waals surface area contributed by atoms with E-state index in [0.717, 1.165) is 36.3 Å². The van der Waals surface area contributed by atoms with E-state index in [1.165, 1.54) is 5.01 Å². The molecule has 27 heavy (non-hydrogen) atoms. The van der Waals surface area contributed by atoms with Gasteiger partial charge < -0.3 is 10.1 Å². The molecule has 0 saturated carbocycles. The quantitative estimate of drug-likeness (QED) is 0.543. The van der Waals surface area contributed by atoms with E-state index < -0.39 is 0 Å². The zero-order valence-corrected chi connectivity index (χ0v) is 16.3. The number of nitrogens with one attached hydrogen (secondary N) is 1. The number of hydrogen-bond donors (Lipinski definition) is 1. The molecule has 1 aromatic heterocycles. The maximum Gasteiger partial charge on any atom is 0.251 e. The van der Waals surface area contributed by atoms with E-state index in [-0.39, 0.29) is 5.91 Å². The molecular weight excluding hydrogens is 356 g/mol. The zero-order chi connectivity index (χ0) is 18.9. The van der Waals surface area contributed by atoms with Crippen molar-refractivity contribution >= 4 is 17.2 Å². The average molecular weight is 381 g/mol. The van der Waals surface area contributed by atoms with Gasteiger partial charge in [0.1, 0.15) is 12.4 Å². The third kappa shape index (κ3) is 5.93. The van der Waals surface area contributed by atoms with Gasteiger partial charge in [-0.25, -0.2) is 4.98 Å². The Hall–Kier alpha value is -2.66. The summed E-state index contributed by atoms with van der Waals surface area (Å²) in [5, 5.41) is 6.26. The second-order valence-corrected chi connectivity index (χ2v) is 7.30. The highest BCUT2D eigenvalue weighted by molar-refractivity contribution is 7.09. The Kier molecular flexibility index (Phi) is 6.99. The molecule has 3 rings (SSSR count). The average Bonchev–Trinajstić information content (AvgIpc) is 3.12. The molecule has 0 aliphatic heterocycles. The highest BCUT2D eigenvalue weighted by atomic mass is 32.1. The number of ether oxygens (including phenoxy) is 1. The first-order valence-corrected chi connectivity index (χ1v) is 10.1. The molecule has 1 N–H and O–H groups in total. The number of carbonyl (C=O) groups excluding carboxylic acids is 1. The van der Waals surface area contributed by atoms with Crippen LogP contribution >= 0.6 is 11.3 Å². The van der Waals surface area contributed by atoms with Gasteiger partial charge in [0, 0.05) is 28.7 Å². The van der Waals surface area contributed by atoms with Crippen molar-refractivity contribution in [3.63, 3.8) is 0 Å². The van der Waals surface area contributed by atoms with Crippen LogP contribution in [-0.4, -0.2) is 17.4 Å². The molecule has 1 heterocycles. The van der Waals surface area contributed by atoms with Crippen molar-refractivity contribution in [2.75, 3.05) is 6.54 Å². The summed E-state index contributed by atoms with van der Waals surface area (Å²) >= 11 is 1.70. The second kappa shape index (κ2) is 9.88. The Morgan fingerprint density at radius 1 is 1.07 bits per heavy atom. The van der Waals surface area contributed by atoms with Crippen LogP contribution in [0.4, 0.5) is 0 Å². The number of benzene rings is 2. The molecule has 0 fully saturated rings. The predicted octanol–water partition coefficient (Wildman–Crippen LogP) is 4.78. The van der Waals surface area contributed by atoms with E-state index in [0.29, 0.717) is 18.7 Å². The molecule has 0 saturated heterocycles.